The normalized spacial score (nSPS) is 29.8. The molecule has 13 nitrogen and oxygen atoms in total. The zero-order valence-corrected chi connectivity index (χ0v) is 22.6. The third-order valence-electron chi connectivity index (χ3n) is 7.01. The van der Waals surface area contributed by atoms with Crippen LogP contribution in [0.5, 0.6) is 5.75 Å². The van der Waals surface area contributed by atoms with E-state index in [4.69, 9.17) is 14.2 Å². The second-order valence-electron chi connectivity index (χ2n) is 10.8. The number of carbonyl (C=O) groups excluding carboxylic acids is 2. The van der Waals surface area contributed by atoms with Crippen molar-refractivity contribution < 1.29 is 54.1 Å². The molecule has 2 aliphatic rings. The van der Waals surface area contributed by atoms with Gasteiger partial charge in [-0.25, -0.2) is 4.79 Å². The van der Waals surface area contributed by atoms with E-state index in [1.807, 2.05) is 0 Å². The van der Waals surface area contributed by atoms with E-state index in [-0.39, 0.29) is 24.3 Å². The van der Waals surface area contributed by atoms with Crippen molar-refractivity contribution in [2.45, 2.75) is 95.4 Å². The molecule has 2 aliphatic heterocycles. The highest BCUT2D eigenvalue weighted by atomic mass is 16.7. The van der Waals surface area contributed by atoms with Crippen LogP contribution in [0, 0.1) is 13.8 Å². The van der Waals surface area contributed by atoms with E-state index in [2.05, 4.69) is 10.6 Å². The van der Waals surface area contributed by atoms with Crippen LogP contribution in [0.15, 0.2) is 12.1 Å². The average Bonchev–Trinajstić information content (AvgIpc) is 3.18. The molecule has 0 bridgehead atoms. The Labute approximate surface area is 226 Å². The standard InChI is InChI=1S/C26H38N2O11/c1-12-6-15(7-13(2)20(12)32)23(34)27-10-18(31)21(33)22-19(28-14(3)29)17(30)9-26(39-22,24(35)36)8-16-11-37-25(4,5)38-16/h6-7,16-19,21-22,30-33H,8-11H2,1-5H3,(H,27,34)(H,28,29)(H,35,36)/t16?,17-,18+,19+,21+,22+,26+/m0/s1. The van der Waals surface area contributed by atoms with Crippen molar-refractivity contribution in [3.05, 3.63) is 28.8 Å². The van der Waals surface area contributed by atoms with Gasteiger partial charge >= 0.3 is 5.97 Å². The number of carboxylic acids is 1. The van der Waals surface area contributed by atoms with Crippen molar-refractivity contribution in [3.63, 3.8) is 0 Å². The summed E-state index contributed by atoms with van der Waals surface area (Å²) in [5.74, 6) is -3.47. The number of aliphatic carboxylic acids is 1. The number of hydrogen-bond acceptors (Lipinski definition) is 10. The molecule has 1 aromatic carbocycles. The van der Waals surface area contributed by atoms with Crippen LogP contribution in [0.4, 0.5) is 0 Å². The first-order valence-electron chi connectivity index (χ1n) is 12.7. The molecular weight excluding hydrogens is 516 g/mol. The van der Waals surface area contributed by atoms with Gasteiger partial charge in [0.05, 0.1) is 31.0 Å². The van der Waals surface area contributed by atoms with Crippen LogP contribution in [-0.4, -0.2) is 104 Å². The Morgan fingerprint density at radius 2 is 1.74 bits per heavy atom. The molecule has 3 rings (SSSR count). The minimum Gasteiger partial charge on any atom is -0.507 e. The topological polar surface area (TPSA) is 204 Å². The van der Waals surface area contributed by atoms with Crippen LogP contribution in [0.1, 0.15) is 55.1 Å². The largest absolute Gasteiger partial charge is 0.507 e. The number of amides is 2. The third-order valence-corrected chi connectivity index (χ3v) is 7.01. The maximum Gasteiger partial charge on any atom is 0.336 e. The Kier molecular flexibility index (Phi) is 9.25. The van der Waals surface area contributed by atoms with Crippen molar-refractivity contribution in [1.82, 2.24) is 10.6 Å². The monoisotopic (exact) mass is 554 g/mol. The summed E-state index contributed by atoms with van der Waals surface area (Å²) in [6.45, 7) is 7.39. The zero-order chi connectivity index (χ0) is 29.3. The van der Waals surface area contributed by atoms with E-state index < -0.39 is 78.7 Å². The fourth-order valence-electron chi connectivity index (χ4n) is 5.07. The van der Waals surface area contributed by atoms with Crippen molar-refractivity contribution in [1.29, 1.82) is 0 Å². The Morgan fingerprint density at radius 3 is 2.26 bits per heavy atom. The molecule has 2 fully saturated rings. The van der Waals surface area contributed by atoms with Gasteiger partial charge in [0.1, 0.15) is 18.0 Å². The Morgan fingerprint density at radius 1 is 1.13 bits per heavy atom. The van der Waals surface area contributed by atoms with E-state index in [1.54, 1.807) is 27.7 Å². The van der Waals surface area contributed by atoms with E-state index >= 15 is 0 Å². The van der Waals surface area contributed by atoms with Crippen LogP contribution < -0.4 is 10.6 Å². The van der Waals surface area contributed by atoms with Gasteiger partial charge in [0, 0.05) is 31.9 Å². The quantitative estimate of drug-likeness (QED) is 0.207. The Balaban J connectivity index is 1.79. The maximum atomic E-state index is 12.6. The second-order valence-corrected chi connectivity index (χ2v) is 10.8. The van der Waals surface area contributed by atoms with Crippen molar-refractivity contribution in [2.75, 3.05) is 13.2 Å². The second kappa shape index (κ2) is 11.7. The van der Waals surface area contributed by atoms with Gasteiger partial charge in [0.25, 0.3) is 5.91 Å². The molecule has 0 aromatic heterocycles. The van der Waals surface area contributed by atoms with Crippen molar-refractivity contribution in [2.24, 2.45) is 0 Å². The number of phenols is 1. The molecular formula is C26H38N2O11. The molecule has 0 spiro atoms. The molecule has 0 aliphatic carbocycles. The molecule has 7 N–H and O–H groups in total. The highest BCUT2D eigenvalue weighted by Gasteiger charge is 2.56. The number of benzene rings is 1. The molecule has 39 heavy (non-hydrogen) atoms. The van der Waals surface area contributed by atoms with Crippen LogP contribution in [0.3, 0.4) is 0 Å². The van der Waals surface area contributed by atoms with Crippen LogP contribution in [0.25, 0.3) is 0 Å². The Hall–Kier alpha value is -2.81. The molecule has 0 radical (unpaired) electrons. The maximum absolute atomic E-state index is 12.6. The lowest BCUT2D eigenvalue weighted by Gasteiger charge is -2.47. The van der Waals surface area contributed by atoms with Crippen LogP contribution in [-0.2, 0) is 23.8 Å². The molecule has 1 aromatic rings. The number of aliphatic hydroxyl groups is 3. The summed E-state index contributed by atoms with van der Waals surface area (Å²) in [6.07, 6.45) is -7.87. The molecule has 13 heteroatoms. The fraction of sp³-hybridized carbons (Fsp3) is 0.654. The SMILES string of the molecule is CC(=O)N[C@H]1[C@H]([C@H](O)[C@H](O)CNC(=O)c2cc(C)c(O)c(C)c2)O[C@@](CC2COC(C)(C)O2)(C(=O)O)C[C@@H]1O. The first-order valence-corrected chi connectivity index (χ1v) is 12.7. The van der Waals surface area contributed by atoms with Crippen molar-refractivity contribution in [3.8, 4) is 5.75 Å². The highest BCUT2D eigenvalue weighted by molar-refractivity contribution is 5.94. The number of ether oxygens (including phenoxy) is 3. The number of aliphatic hydroxyl groups excluding tert-OH is 3. The van der Waals surface area contributed by atoms with Gasteiger partial charge < -0.3 is 50.4 Å². The molecule has 7 atom stereocenters. The lowest BCUT2D eigenvalue weighted by Crippen LogP contribution is -2.68. The lowest BCUT2D eigenvalue weighted by molar-refractivity contribution is -0.236. The predicted octanol–water partition coefficient (Wildman–Crippen LogP) is -0.520. The number of aromatic hydroxyl groups is 1. The molecule has 218 valence electrons. The average molecular weight is 555 g/mol. The smallest absolute Gasteiger partial charge is 0.336 e. The van der Waals surface area contributed by atoms with Gasteiger partial charge in [-0.05, 0) is 51.0 Å². The van der Waals surface area contributed by atoms with E-state index in [0.29, 0.717) is 11.1 Å². The summed E-state index contributed by atoms with van der Waals surface area (Å²) in [6, 6.07) is 1.67. The number of carbonyl (C=O) groups is 3. The zero-order valence-electron chi connectivity index (χ0n) is 22.6. The Bertz CT molecular complexity index is 1070. The fourth-order valence-corrected chi connectivity index (χ4v) is 5.07. The minimum atomic E-state index is -2.03. The molecule has 1 unspecified atom stereocenters. The molecule has 2 amide bonds. The lowest BCUT2D eigenvalue weighted by atomic mass is 9.80. The minimum absolute atomic E-state index is 0.0547. The number of phenolic OH excluding ortho intramolecular Hbond substituents is 1. The van der Waals surface area contributed by atoms with Gasteiger partial charge in [-0.1, -0.05) is 0 Å². The van der Waals surface area contributed by atoms with Gasteiger partial charge in [-0.2, -0.15) is 0 Å². The van der Waals surface area contributed by atoms with E-state index in [1.165, 1.54) is 19.1 Å². The third kappa shape index (κ3) is 7.04. The molecule has 2 heterocycles. The first kappa shape index (κ1) is 30.7. The van der Waals surface area contributed by atoms with Gasteiger partial charge in [0.2, 0.25) is 5.91 Å². The van der Waals surface area contributed by atoms with Crippen molar-refractivity contribution >= 4 is 17.8 Å². The number of nitrogens with one attached hydrogen (secondary N) is 2. The molecule has 0 saturated carbocycles. The predicted molar refractivity (Wildman–Crippen MR) is 135 cm³/mol. The number of rotatable bonds is 9. The van der Waals surface area contributed by atoms with Crippen LogP contribution in [0.2, 0.25) is 0 Å². The number of carboxylic acid groups (broad SMARTS) is 1. The summed E-state index contributed by atoms with van der Waals surface area (Å²) in [7, 11) is 0. The summed E-state index contributed by atoms with van der Waals surface area (Å²) >= 11 is 0. The van der Waals surface area contributed by atoms with Gasteiger partial charge in [-0.15, -0.1) is 0 Å². The summed E-state index contributed by atoms with van der Waals surface area (Å²) in [4.78, 5) is 36.9. The molecule has 2 saturated heterocycles. The summed E-state index contributed by atoms with van der Waals surface area (Å²) in [5.41, 5.74) is -0.850. The number of aryl methyl sites for hydroxylation is 2. The van der Waals surface area contributed by atoms with Gasteiger partial charge in [0.15, 0.2) is 11.4 Å². The summed E-state index contributed by atoms with van der Waals surface area (Å²) < 4.78 is 17.2. The van der Waals surface area contributed by atoms with Crippen LogP contribution >= 0.6 is 0 Å². The number of hydrogen-bond donors (Lipinski definition) is 7. The summed E-state index contributed by atoms with van der Waals surface area (Å²) in [5, 5.41) is 57.7. The van der Waals surface area contributed by atoms with E-state index in [9.17, 15) is 39.9 Å². The first-order chi connectivity index (χ1) is 18.0. The highest BCUT2D eigenvalue weighted by Crippen LogP contribution is 2.38. The van der Waals surface area contributed by atoms with Gasteiger partial charge in [-0.3, -0.25) is 9.59 Å². The van der Waals surface area contributed by atoms with E-state index in [0.717, 1.165) is 0 Å².